The van der Waals surface area contributed by atoms with Gasteiger partial charge >= 0.3 is 6.16 Å². The molecule has 0 aromatic heterocycles. The summed E-state index contributed by atoms with van der Waals surface area (Å²) in [6.45, 7) is 2.32. The first-order chi connectivity index (χ1) is 7.31. The molecule has 0 aliphatic carbocycles. The number of carbonyl (C=O) groups excluding carboxylic acids is 1. The third-order valence-corrected chi connectivity index (χ3v) is 1.97. The van der Waals surface area contributed by atoms with E-state index in [1.165, 1.54) is 25.7 Å². The summed E-state index contributed by atoms with van der Waals surface area (Å²) in [4.78, 5) is 10.7. The molecule has 0 unspecified atom stereocenters. The van der Waals surface area contributed by atoms with Crippen LogP contribution in [0, 0.1) is 11.3 Å². The van der Waals surface area contributed by atoms with Crippen LogP contribution in [0.3, 0.4) is 0 Å². The van der Waals surface area contributed by atoms with Crippen molar-refractivity contribution in [2.45, 2.75) is 45.4 Å². The minimum absolute atomic E-state index is 0.241. The topological polar surface area (TPSA) is 59.3 Å². The van der Waals surface area contributed by atoms with Crippen molar-refractivity contribution in [2.75, 3.05) is 13.2 Å². The molecule has 0 saturated heterocycles. The molecule has 0 aliphatic rings. The second kappa shape index (κ2) is 10.8. The number of hydrogen-bond donors (Lipinski definition) is 0. The van der Waals surface area contributed by atoms with Gasteiger partial charge in [0, 0.05) is 0 Å². The minimum atomic E-state index is -0.745. The van der Waals surface area contributed by atoms with Gasteiger partial charge in [0.05, 0.1) is 6.61 Å². The van der Waals surface area contributed by atoms with Crippen LogP contribution in [0.1, 0.15) is 45.4 Å². The van der Waals surface area contributed by atoms with Crippen LogP contribution in [0.5, 0.6) is 0 Å². The molecule has 0 aliphatic heterocycles. The van der Waals surface area contributed by atoms with Gasteiger partial charge < -0.3 is 9.47 Å². The Morgan fingerprint density at radius 2 is 1.80 bits per heavy atom. The molecule has 15 heavy (non-hydrogen) atoms. The number of ether oxygens (including phenoxy) is 2. The normalized spacial score (nSPS) is 9.33. The number of nitrogens with zero attached hydrogens (tertiary/aromatic N) is 1. The van der Waals surface area contributed by atoms with Crippen LogP contribution in [-0.2, 0) is 9.47 Å². The van der Waals surface area contributed by atoms with E-state index in [0.29, 0.717) is 6.61 Å². The molecule has 0 rings (SSSR count). The molecule has 0 atom stereocenters. The van der Waals surface area contributed by atoms with E-state index in [-0.39, 0.29) is 6.61 Å². The molecule has 0 heterocycles. The van der Waals surface area contributed by atoms with Gasteiger partial charge in [0.15, 0.2) is 6.61 Å². The van der Waals surface area contributed by atoms with E-state index in [2.05, 4.69) is 11.7 Å². The summed E-state index contributed by atoms with van der Waals surface area (Å²) in [6, 6.07) is 1.70. The highest BCUT2D eigenvalue weighted by atomic mass is 16.7. The van der Waals surface area contributed by atoms with Crippen molar-refractivity contribution < 1.29 is 14.3 Å². The van der Waals surface area contributed by atoms with E-state index >= 15 is 0 Å². The number of unbranched alkanes of at least 4 members (excludes halogenated alkanes) is 5. The van der Waals surface area contributed by atoms with Crippen molar-refractivity contribution in [2.24, 2.45) is 0 Å². The average Bonchev–Trinajstić information content (AvgIpc) is 2.25. The molecular weight excluding hydrogens is 194 g/mol. The molecule has 0 N–H and O–H groups in total. The molecular formula is C11H19NO3. The fourth-order valence-corrected chi connectivity index (χ4v) is 1.17. The maximum Gasteiger partial charge on any atom is 0.509 e. The predicted molar refractivity (Wildman–Crippen MR) is 56.3 cm³/mol. The van der Waals surface area contributed by atoms with Crippen LogP contribution >= 0.6 is 0 Å². The number of hydrogen-bond acceptors (Lipinski definition) is 4. The van der Waals surface area contributed by atoms with Gasteiger partial charge in [-0.2, -0.15) is 5.26 Å². The average molecular weight is 213 g/mol. The molecule has 0 radical (unpaired) electrons. The Bertz CT molecular complexity index is 198. The molecule has 0 spiro atoms. The van der Waals surface area contributed by atoms with Crippen molar-refractivity contribution >= 4 is 6.16 Å². The van der Waals surface area contributed by atoms with Crippen LogP contribution in [0.2, 0.25) is 0 Å². The van der Waals surface area contributed by atoms with E-state index < -0.39 is 6.16 Å². The number of rotatable bonds is 8. The predicted octanol–water partition coefficient (Wildman–Crippen LogP) is 3.02. The molecule has 0 bridgehead atoms. The SMILES string of the molecule is CCCCCCCCOC(=O)OCC#N. The Labute approximate surface area is 91.2 Å². The zero-order valence-corrected chi connectivity index (χ0v) is 9.33. The first-order valence-electron chi connectivity index (χ1n) is 5.47. The van der Waals surface area contributed by atoms with E-state index in [4.69, 9.17) is 10.00 Å². The molecule has 0 fully saturated rings. The lowest BCUT2D eigenvalue weighted by Crippen LogP contribution is -2.08. The van der Waals surface area contributed by atoms with Gasteiger partial charge in [-0.25, -0.2) is 4.79 Å². The van der Waals surface area contributed by atoms with Crippen molar-refractivity contribution in [1.29, 1.82) is 5.26 Å². The summed E-state index contributed by atoms with van der Waals surface area (Å²) < 4.78 is 9.15. The first kappa shape index (κ1) is 13.8. The van der Waals surface area contributed by atoms with Gasteiger partial charge in [0.1, 0.15) is 6.07 Å². The Morgan fingerprint density at radius 3 is 2.47 bits per heavy atom. The maximum absolute atomic E-state index is 10.7. The quantitative estimate of drug-likeness (QED) is 0.459. The minimum Gasteiger partial charge on any atom is -0.434 e. The van der Waals surface area contributed by atoms with Gasteiger partial charge in [0.25, 0.3) is 0 Å². The molecule has 4 nitrogen and oxygen atoms in total. The Morgan fingerprint density at radius 1 is 1.13 bits per heavy atom. The molecule has 0 amide bonds. The fraction of sp³-hybridized carbons (Fsp3) is 0.818. The summed E-state index contributed by atoms with van der Waals surface area (Å²) in [6.07, 6.45) is 6.13. The number of nitriles is 1. The smallest absolute Gasteiger partial charge is 0.434 e. The highest BCUT2D eigenvalue weighted by Crippen LogP contribution is 2.04. The van der Waals surface area contributed by atoms with E-state index in [9.17, 15) is 4.79 Å². The van der Waals surface area contributed by atoms with E-state index in [1.54, 1.807) is 6.07 Å². The first-order valence-corrected chi connectivity index (χ1v) is 5.47. The highest BCUT2D eigenvalue weighted by molar-refractivity contribution is 5.59. The van der Waals surface area contributed by atoms with Gasteiger partial charge in [-0.3, -0.25) is 0 Å². The second-order valence-corrected chi connectivity index (χ2v) is 3.31. The zero-order valence-electron chi connectivity index (χ0n) is 9.33. The molecule has 4 heteroatoms. The van der Waals surface area contributed by atoms with Gasteiger partial charge in [-0.15, -0.1) is 0 Å². The fourth-order valence-electron chi connectivity index (χ4n) is 1.17. The van der Waals surface area contributed by atoms with Crippen LogP contribution in [0.4, 0.5) is 4.79 Å². The maximum atomic E-state index is 10.7. The third-order valence-electron chi connectivity index (χ3n) is 1.97. The molecule has 86 valence electrons. The molecule has 0 aromatic rings. The number of carbonyl (C=O) groups is 1. The summed E-state index contributed by atoms with van der Waals surface area (Å²) in [5.74, 6) is 0. The summed E-state index contributed by atoms with van der Waals surface area (Å²) in [7, 11) is 0. The van der Waals surface area contributed by atoms with Crippen LogP contribution < -0.4 is 0 Å². The van der Waals surface area contributed by atoms with Gasteiger partial charge in [0.2, 0.25) is 0 Å². The second-order valence-electron chi connectivity index (χ2n) is 3.31. The summed E-state index contributed by atoms with van der Waals surface area (Å²) in [5.41, 5.74) is 0. The Balaban J connectivity index is 3.10. The summed E-state index contributed by atoms with van der Waals surface area (Å²) in [5, 5.41) is 8.12. The van der Waals surface area contributed by atoms with Crippen molar-refractivity contribution in [3.63, 3.8) is 0 Å². The standard InChI is InChI=1S/C11H19NO3/c1-2-3-4-5-6-7-9-14-11(13)15-10-8-12/h2-7,9-10H2,1H3. The van der Waals surface area contributed by atoms with E-state index in [1.807, 2.05) is 0 Å². The lowest BCUT2D eigenvalue weighted by Gasteiger charge is -2.03. The van der Waals surface area contributed by atoms with Crippen molar-refractivity contribution in [3.05, 3.63) is 0 Å². The largest absolute Gasteiger partial charge is 0.509 e. The summed E-state index contributed by atoms with van der Waals surface area (Å²) >= 11 is 0. The molecule has 0 aromatic carbocycles. The van der Waals surface area contributed by atoms with Gasteiger partial charge in [-0.1, -0.05) is 39.0 Å². The van der Waals surface area contributed by atoms with Gasteiger partial charge in [-0.05, 0) is 6.42 Å². The van der Waals surface area contributed by atoms with Crippen LogP contribution in [0.15, 0.2) is 0 Å². The zero-order chi connectivity index (χ0) is 11.4. The lowest BCUT2D eigenvalue weighted by molar-refractivity contribution is 0.0629. The van der Waals surface area contributed by atoms with Crippen LogP contribution in [0.25, 0.3) is 0 Å². The van der Waals surface area contributed by atoms with Crippen LogP contribution in [-0.4, -0.2) is 19.4 Å². The third kappa shape index (κ3) is 10.7. The Kier molecular flexibility index (Phi) is 9.94. The van der Waals surface area contributed by atoms with E-state index in [0.717, 1.165) is 12.8 Å². The van der Waals surface area contributed by atoms with Crippen molar-refractivity contribution in [1.82, 2.24) is 0 Å². The monoisotopic (exact) mass is 213 g/mol. The van der Waals surface area contributed by atoms with Crippen molar-refractivity contribution in [3.8, 4) is 6.07 Å². The molecule has 0 saturated carbocycles. The lowest BCUT2D eigenvalue weighted by atomic mass is 10.1. The Hall–Kier alpha value is -1.24. The highest BCUT2D eigenvalue weighted by Gasteiger charge is 2.01.